The number of carbonyl (C=O) groups excluding carboxylic acids is 1. The molecule has 0 N–H and O–H groups in total. The molecule has 0 aliphatic rings. The fourth-order valence-corrected chi connectivity index (χ4v) is 2.34. The molecule has 88 valence electrons. The van der Waals surface area contributed by atoms with Crippen LogP contribution in [0, 0.1) is 0 Å². The summed E-state index contributed by atoms with van der Waals surface area (Å²) in [6, 6.07) is 8.38. The Bertz CT molecular complexity index is 439. The van der Waals surface area contributed by atoms with Crippen molar-refractivity contribution in [3.63, 3.8) is 0 Å². The van der Waals surface area contributed by atoms with E-state index in [0.717, 1.165) is 0 Å². The Kier molecular flexibility index (Phi) is 4.85. The third kappa shape index (κ3) is 3.88. The van der Waals surface area contributed by atoms with Gasteiger partial charge in [-0.2, -0.15) is 0 Å². The molecule has 0 heterocycles. The van der Waals surface area contributed by atoms with Crippen LogP contribution in [0.3, 0.4) is 0 Å². The lowest BCUT2D eigenvalue weighted by atomic mass is 10.4. The molecule has 0 saturated carbocycles. The van der Waals surface area contributed by atoms with Crippen molar-refractivity contribution >= 4 is 25.9 Å². The van der Waals surface area contributed by atoms with Crippen molar-refractivity contribution < 1.29 is 17.9 Å². The number of hydrogen-bond acceptors (Lipinski definition) is 5. The van der Waals surface area contributed by atoms with Gasteiger partial charge >= 0.3 is 5.97 Å². The van der Waals surface area contributed by atoms with E-state index in [1.165, 1.54) is 0 Å². The molecule has 0 bridgehead atoms. The van der Waals surface area contributed by atoms with Gasteiger partial charge in [0.1, 0.15) is 0 Å². The third-order valence-corrected chi connectivity index (χ3v) is 3.81. The topological polar surface area (TPSA) is 52.6 Å². The number of esters is 1. The molecule has 0 aliphatic carbocycles. The van der Waals surface area contributed by atoms with Crippen LogP contribution in [0.25, 0.3) is 0 Å². The first-order valence-electron chi connectivity index (χ1n) is 4.66. The highest BCUT2D eigenvalue weighted by atomic mass is 32.8. The van der Waals surface area contributed by atoms with Gasteiger partial charge in [0.25, 0.3) is 0 Å². The van der Waals surface area contributed by atoms with Crippen molar-refractivity contribution in [2.45, 2.75) is 11.8 Å². The largest absolute Gasteiger partial charge is 0.464 e. The Morgan fingerprint density at radius 1 is 1.38 bits per heavy atom. The van der Waals surface area contributed by atoms with E-state index in [0.29, 0.717) is 4.90 Å². The second-order valence-electron chi connectivity index (χ2n) is 2.83. The molecular formula is C10H12O4S2. The molecule has 0 fully saturated rings. The highest BCUT2D eigenvalue weighted by molar-refractivity contribution is 8.30. The zero-order valence-electron chi connectivity index (χ0n) is 8.75. The van der Waals surface area contributed by atoms with E-state index < -0.39 is 21.3 Å². The first-order valence-corrected chi connectivity index (χ1v) is 7.07. The van der Waals surface area contributed by atoms with Gasteiger partial charge in [0, 0.05) is 11.2 Å². The van der Waals surface area contributed by atoms with E-state index >= 15 is 0 Å². The predicted octanol–water partition coefficient (Wildman–Crippen LogP) is 1.29. The molecule has 0 aliphatic heterocycles. The maximum absolute atomic E-state index is 11.9. The molecule has 0 saturated heterocycles. The first kappa shape index (κ1) is 13.1. The number of rotatable bonds is 5. The molecule has 16 heavy (non-hydrogen) atoms. The first-order chi connectivity index (χ1) is 7.56. The highest BCUT2D eigenvalue weighted by Crippen LogP contribution is 2.11. The Labute approximate surface area is 99.4 Å². The lowest BCUT2D eigenvalue weighted by Crippen LogP contribution is -2.16. The van der Waals surface area contributed by atoms with Gasteiger partial charge in [-0.3, -0.25) is 4.18 Å². The van der Waals surface area contributed by atoms with Crippen LogP contribution in [0.5, 0.6) is 0 Å². The summed E-state index contributed by atoms with van der Waals surface area (Å²) in [5.74, 6) is -0.573. The molecule has 0 amide bonds. The van der Waals surface area contributed by atoms with E-state index in [-0.39, 0.29) is 6.61 Å². The summed E-state index contributed by atoms with van der Waals surface area (Å²) in [6.45, 7) is 1.54. The minimum Gasteiger partial charge on any atom is -0.464 e. The third-order valence-electron chi connectivity index (χ3n) is 1.67. The van der Waals surface area contributed by atoms with Crippen LogP contribution in [0.4, 0.5) is 0 Å². The van der Waals surface area contributed by atoms with Gasteiger partial charge in [0.05, 0.1) is 11.5 Å². The van der Waals surface area contributed by atoms with Crippen LogP contribution in [0.1, 0.15) is 6.92 Å². The summed E-state index contributed by atoms with van der Waals surface area (Å²) < 4.78 is 21.4. The lowest BCUT2D eigenvalue weighted by molar-refractivity contribution is -0.145. The SMILES string of the molecule is CCOC(=O)COS(=O)(=S)c1ccccc1. The molecule has 1 aromatic rings. The molecule has 1 aromatic carbocycles. The van der Waals surface area contributed by atoms with Gasteiger partial charge in [0.2, 0.25) is 0 Å². The molecule has 0 spiro atoms. The minimum atomic E-state index is -3.04. The maximum Gasteiger partial charge on any atom is 0.333 e. The second kappa shape index (κ2) is 5.93. The molecule has 0 radical (unpaired) electrons. The predicted molar refractivity (Wildman–Crippen MR) is 62.8 cm³/mol. The van der Waals surface area contributed by atoms with Crippen molar-refractivity contribution in [2.24, 2.45) is 0 Å². The van der Waals surface area contributed by atoms with Crippen LogP contribution < -0.4 is 0 Å². The molecule has 6 heteroatoms. The van der Waals surface area contributed by atoms with Crippen molar-refractivity contribution in [1.29, 1.82) is 0 Å². The van der Waals surface area contributed by atoms with Crippen molar-refractivity contribution in [3.8, 4) is 0 Å². The molecule has 1 rings (SSSR count). The zero-order valence-corrected chi connectivity index (χ0v) is 10.4. The second-order valence-corrected chi connectivity index (χ2v) is 5.77. The number of carbonyl (C=O) groups is 1. The molecule has 4 nitrogen and oxygen atoms in total. The summed E-state index contributed by atoms with van der Waals surface area (Å²) >= 11 is 4.81. The van der Waals surface area contributed by atoms with Crippen molar-refractivity contribution in [1.82, 2.24) is 0 Å². The van der Waals surface area contributed by atoms with Crippen LogP contribution in [-0.2, 0) is 33.7 Å². The fraction of sp³-hybridized carbons (Fsp3) is 0.300. The molecule has 0 aromatic heterocycles. The van der Waals surface area contributed by atoms with Gasteiger partial charge in [0.15, 0.2) is 15.4 Å². The number of ether oxygens (including phenoxy) is 1. The van der Waals surface area contributed by atoms with Gasteiger partial charge in [-0.05, 0) is 19.1 Å². The average molecular weight is 260 g/mol. The molecule has 1 unspecified atom stereocenters. The summed E-state index contributed by atoms with van der Waals surface area (Å²) in [6.07, 6.45) is 0. The van der Waals surface area contributed by atoms with Crippen LogP contribution in [0.15, 0.2) is 35.2 Å². The monoisotopic (exact) mass is 260 g/mol. The fourth-order valence-electron chi connectivity index (χ4n) is 0.984. The summed E-state index contributed by atoms with van der Waals surface area (Å²) in [5, 5.41) is 0. The Hall–Kier alpha value is -0.980. The highest BCUT2D eigenvalue weighted by Gasteiger charge is 2.13. The van der Waals surface area contributed by atoms with Gasteiger partial charge in [-0.25, -0.2) is 9.00 Å². The average Bonchev–Trinajstić information content (AvgIpc) is 2.28. The van der Waals surface area contributed by atoms with E-state index in [1.54, 1.807) is 37.3 Å². The van der Waals surface area contributed by atoms with E-state index in [2.05, 4.69) is 4.74 Å². The van der Waals surface area contributed by atoms with Gasteiger partial charge in [-0.15, -0.1) is 0 Å². The molecular weight excluding hydrogens is 248 g/mol. The molecule has 1 atom stereocenters. The summed E-state index contributed by atoms with van der Waals surface area (Å²) in [5.41, 5.74) is 0. The van der Waals surface area contributed by atoms with Crippen molar-refractivity contribution in [2.75, 3.05) is 13.2 Å². The van der Waals surface area contributed by atoms with Gasteiger partial charge in [-0.1, -0.05) is 18.2 Å². The van der Waals surface area contributed by atoms with Crippen LogP contribution in [0.2, 0.25) is 0 Å². The normalized spacial score (nSPS) is 14.1. The minimum absolute atomic E-state index is 0.256. The smallest absolute Gasteiger partial charge is 0.333 e. The van der Waals surface area contributed by atoms with E-state index in [1.807, 2.05) is 0 Å². The maximum atomic E-state index is 11.9. The standard InChI is InChI=1S/C10H12O4S2/c1-2-13-10(11)8-14-16(12,15)9-6-4-3-5-7-9/h3-7H,2,8H2,1H3. The quantitative estimate of drug-likeness (QED) is 0.747. The Morgan fingerprint density at radius 2 is 2.00 bits per heavy atom. The zero-order chi connectivity index (χ0) is 12.0. The lowest BCUT2D eigenvalue weighted by Gasteiger charge is -2.07. The Balaban J connectivity index is 2.64. The van der Waals surface area contributed by atoms with Gasteiger partial charge < -0.3 is 4.74 Å². The van der Waals surface area contributed by atoms with Crippen LogP contribution in [-0.4, -0.2) is 23.4 Å². The summed E-state index contributed by atoms with van der Waals surface area (Å²) in [4.78, 5) is 11.4. The number of benzene rings is 1. The van der Waals surface area contributed by atoms with Crippen LogP contribution >= 0.6 is 0 Å². The summed E-state index contributed by atoms with van der Waals surface area (Å²) in [7, 11) is -3.04. The van der Waals surface area contributed by atoms with E-state index in [4.69, 9.17) is 15.4 Å². The number of hydrogen-bond donors (Lipinski definition) is 0. The van der Waals surface area contributed by atoms with Crippen molar-refractivity contribution in [3.05, 3.63) is 30.3 Å². The van der Waals surface area contributed by atoms with E-state index in [9.17, 15) is 9.00 Å². The Morgan fingerprint density at radius 3 is 2.56 bits per heavy atom.